The highest BCUT2D eigenvalue weighted by molar-refractivity contribution is 7.92. The maximum atomic E-state index is 14.3. The molecule has 224 valence electrons. The van der Waals surface area contributed by atoms with Crippen molar-refractivity contribution in [2.75, 3.05) is 32.1 Å². The van der Waals surface area contributed by atoms with Crippen molar-refractivity contribution in [3.63, 3.8) is 0 Å². The van der Waals surface area contributed by atoms with Crippen molar-refractivity contribution < 1.29 is 27.5 Å². The fraction of sp³-hybridized carbons (Fsp3) is 0.212. The van der Waals surface area contributed by atoms with E-state index in [4.69, 9.17) is 9.47 Å². The van der Waals surface area contributed by atoms with Crippen LogP contribution in [0.3, 0.4) is 0 Å². The van der Waals surface area contributed by atoms with Gasteiger partial charge < -0.3 is 19.7 Å². The number of carbonyl (C=O) groups excluding carboxylic acids is 2. The van der Waals surface area contributed by atoms with Gasteiger partial charge in [-0.05, 0) is 59.7 Å². The van der Waals surface area contributed by atoms with Gasteiger partial charge >= 0.3 is 0 Å². The Hall–Kier alpha value is -4.83. The van der Waals surface area contributed by atoms with Gasteiger partial charge in [-0.2, -0.15) is 0 Å². The number of nitrogens with one attached hydrogen (secondary N) is 1. The number of anilines is 1. The van der Waals surface area contributed by atoms with Gasteiger partial charge in [-0.3, -0.25) is 13.9 Å². The minimum absolute atomic E-state index is 0.0325. The van der Waals surface area contributed by atoms with Gasteiger partial charge in [0.25, 0.3) is 10.0 Å². The first kappa shape index (κ1) is 31.1. The van der Waals surface area contributed by atoms with E-state index in [1.807, 2.05) is 36.4 Å². The van der Waals surface area contributed by atoms with Gasteiger partial charge in [-0.15, -0.1) is 0 Å². The average Bonchev–Trinajstić information content (AvgIpc) is 3.05. The van der Waals surface area contributed by atoms with Crippen molar-refractivity contribution in [1.82, 2.24) is 10.2 Å². The molecule has 0 aliphatic heterocycles. The number of rotatable bonds is 13. The van der Waals surface area contributed by atoms with Crippen LogP contribution in [0.25, 0.3) is 0 Å². The molecule has 1 unspecified atom stereocenters. The van der Waals surface area contributed by atoms with Crippen LogP contribution < -0.4 is 19.1 Å². The summed E-state index contributed by atoms with van der Waals surface area (Å²) in [5, 5.41) is 2.68. The largest absolute Gasteiger partial charge is 0.497 e. The molecule has 0 radical (unpaired) electrons. The van der Waals surface area contributed by atoms with Crippen LogP contribution in [0.2, 0.25) is 0 Å². The predicted octanol–water partition coefficient (Wildman–Crippen LogP) is 4.29. The molecule has 9 nitrogen and oxygen atoms in total. The van der Waals surface area contributed by atoms with E-state index in [1.165, 1.54) is 31.2 Å². The molecule has 0 bridgehead atoms. The number of hydrogen-bond donors (Lipinski definition) is 1. The van der Waals surface area contributed by atoms with E-state index in [1.54, 1.807) is 67.8 Å². The Balaban J connectivity index is 1.78. The van der Waals surface area contributed by atoms with Gasteiger partial charge in [-0.1, -0.05) is 60.7 Å². The van der Waals surface area contributed by atoms with Crippen LogP contribution in [0.5, 0.6) is 11.5 Å². The molecule has 0 saturated heterocycles. The Morgan fingerprint density at radius 1 is 0.767 bits per heavy atom. The van der Waals surface area contributed by atoms with E-state index in [9.17, 15) is 18.0 Å². The Morgan fingerprint density at radius 2 is 1.37 bits per heavy atom. The monoisotopic (exact) mass is 601 g/mol. The van der Waals surface area contributed by atoms with E-state index < -0.39 is 28.5 Å². The molecule has 1 N–H and O–H groups in total. The summed E-state index contributed by atoms with van der Waals surface area (Å²) in [4.78, 5) is 29.1. The highest BCUT2D eigenvalue weighted by atomic mass is 32.2. The summed E-state index contributed by atoms with van der Waals surface area (Å²) < 4.78 is 39.6. The number of ether oxygens (including phenoxy) is 2. The molecule has 0 saturated carbocycles. The molecule has 0 spiro atoms. The fourth-order valence-corrected chi connectivity index (χ4v) is 6.12. The summed E-state index contributed by atoms with van der Waals surface area (Å²) in [6, 6.07) is 30.0. The molecule has 4 aromatic rings. The first-order chi connectivity index (χ1) is 20.8. The molecule has 0 aliphatic carbocycles. The van der Waals surface area contributed by atoms with Crippen molar-refractivity contribution in [3.8, 4) is 11.5 Å². The smallest absolute Gasteiger partial charge is 0.264 e. The standard InChI is InChI=1S/C33H35N3O6S/c1-34-33(38)31(22-25-11-6-4-7-12-25)35(23-26-13-10-14-29(21-26)42-3)32(37)24-36(27-17-19-28(41-2)20-18-27)43(39,40)30-15-8-5-9-16-30/h4-21,31H,22-24H2,1-3H3,(H,34,38). The lowest BCUT2D eigenvalue weighted by atomic mass is 10.0. The molecule has 0 heterocycles. The lowest BCUT2D eigenvalue weighted by Crippen LogP contribution is -2.53. The highest BCUT2D eigenvalue weighted by Gasteiger charge is 2.34. The normalized spacial score (nSPS) is 11.7. The van der Waals surface area contributed by atoms with Gasteiger partial charge in [-0.25, -0.2) is 8.42 Å². The summed E-state index contributed by atoms with van der Waals surface area (Å²) in [5.41, 5.74) is 1.85. The predicted molar refractivity (Wildman–Crippen MR) is 166 cm³/mol. The zero-order chi connectivity index (χ0) is 30.8. The lowest BCUT2D eigenvalue weighted by Gasteiger charge is -2.33. The minimum Gasteiger partial charge on any atom is -0.497 e. The molecule has 1 atom stereocenters. The van der Waals surface area contributed by atoms with Gasteiger partial charge in [0.05, 0.1) is 24.8 Å². The molecule has 43 heavy (non-hydrogen) atoms. The Morgan fingerprint density at radius 3 is 1.98 bits per heavy atom. The van der Waals surface area contributed by atoms with Gasteiger partial charge in [0.15, 0.2) is 0 Å². The highest BCUT2D eigenvalue weighted by Crippen LogP contribution is 2.27. The Bertz CT molecular complexity index is 1610. The Labute approximate surface area is 252 Å². The van der Waals surface area contributed by atoms with Crippen LogP contribution in [-0.4, -0.2) is 59.0 Å². The number of sulfonamides is 1. The number of methoxy groups -OCH3 is 2. The number of carbonyl (C=O) groups is 2. The van der Waals surface area contributed by atoms with E-state index in [0.717, 1.165) is 15.4 Å². The van der Waals surface area contributed by atoms with Crippen LogP contribution in [-0.2, 0) is 32.6 Å². The van der Waals surface area contributed by atoms with E-state index >= 15 is 0 Å². The van der Waals surface area contributed by atoms with Crippen molar-refractivity contribution >= 4 is 27.5 Å². The third-order valence-corrected chi connectivity index (χ3v) is 8.76. The summed E-state index contributed by atoms with van der Waals surface area (Å²) in [6.45, 7) is -0.501. The average molecular weight is 602 g/mol. The maximum Gasteiger partial charge on any atom is 0.264 e. The second-order valence-electron chi connectivity index (χ2n) is 9.72. The number of benzene rings is 4. The minimum atomic E-state index is -4.17. The number of nitrogens with zero attached hydrogens (tertiary/aromatic N) is 2. The summed E-state index contributed by atoms with van der Waals surface area (Å²) in [5.74, 6) is 0.204. The first-order valence-electron chi connectivity index (χ1n) is 13.7. The quantitative estimate of drug-likeness (QED) is 0.245. The Kier molecular flexibility index (Phi) is 10.4. The van der Waals surface area contributed by atoms with E-state index in [2.05, 4.69) is 5.32 Å². The van der Waals surface area contributed by atoms with Crippen molar-refractivity contribution in [3.05, 3.63) is 120 Å². The summed E-state index contributed by atoms with van der Waals surface area (Å²) in [7, 11) is 0.401. The van der Waals surface area contributed by atoms with Crippen LogP contribution in [0.1, 0.15) is 11.1 Å². The van der Waals surface area contributed by atoms with E-state index in [-0.39, 0.29) is 29.5 Å². The molecule has 0 aromatic heterocycles. The second kappa shape index (κ2) is 14.4. The van der Waals surface area contributed by atoms with Crippen LogP contribution in [0.15, 0.2) is 114 Å². The molecule has 0 fully saturated rings. The van der Waals surface area contributed by atoms with Crippen LogP contribution in [0.4, 0.5) is 5.69 Å². The van der Waals surface area contributed by atoms with Gasteiger partial charge in [0.1, 0.15) is 24.1 Å². The summed E-state index contributed by atoms with van der Waals surface area (Å²) in [6.07, 6.45) is 0.226. The van der Waals surface area contributed by atoms with Gasteiger partial charge in [0.2, 0.25) is 11.8 Å². The SMILES string of the molecule is CNC(=O)C(Cc1ccccc1)N(Cc1cccc(OC)c1)C(=O)CN(c1ccc(OC)cc1)S(=O)(=O)c1ccccc1. The topological polar surface area (TPSA) is 105 Å². The van der Waals surface area contributed by atoms with Crippen molar-refractivity contribution in [1.29, 1.82) is 0 Å². The zero-order valence-corrected chi connectivity index (χ0v) is 25.2. The van der Waals surface area contributed by atoms with Crippen molar-refractivity contribution in [2.45, 2.75) is 23.9 Å². The molecule has 10 heteroatoms. The van der Waals surface area contributed by atoms with E-state index in [0.29, 0.717) is 11.5 Å². The molecule has 2 amide bonds. The van der Waals surface area contributed by atoms with Crippen LogP contribution in [0, 0.1) is 0 Å². The third-order valence-electron chi connectivity index (χ3n) is 6.98. The number of hydrogen-bond acceptors (Lipinski definition) is 6. The molecular formula is C33H35N3O6S. The number of amides is 2. The summed E-state index contributed by atoms with van der Waals surface area (Å²) >= 11 is 0. The first-order valence-corrected chi connectivity index (χ1v) is 15.1. The molecule has 4 rings (SSSR count). The molecular weight excluding hydrogens is 566 g/mol. The maximum absolute atomic E-state index is 14.3. The van der Waals surface area contributed by atoms with Crippen molar-refractivity contribution in [2.24, 2.45) is 0 Å². The lowest BCUT2D eigenvalue weighted by molar-refractivity contribution is -0.139. The number of likely N-dealkylation sites (N-methyl/N-ethyl adjacent to an activating group) is 1. The molecule has 0 aliphatic rings. The van der Waals surface area contributed by atoms with Gasteiger partial charge in [0, 0.05) is 20.0 Å². The zero-order valence-electron chi connectivity index (χ0n) is 24.3. The third kappa shape index (κ3) is 7.72. The molecule has 4 aromatic carbocycles. The fourth-order valence-electron chi connectivity index (χ4n) is 4.68. The second-order valence-corrected chi connectivity index (χ2v) is 11.6. The van der Waals surface area contributed by atoms with Crippen LogP contribution >= 0.6 is 0 Å².